The third-order valence-electron chi connectivity index (χ3n) is 4.45. The molecule has 0 aliphatic carbocycles. The summed E-state index contributed by atoms with van der Waals surface area (Å²) in [4.78, 5) is 1.29. The van der Waals surface area contributed by atoms with Gasteiger partial charge in [0.15, 0.2) is 11.4 Å². The highest BCUT2D eigenvalue weighted by atomic mass is 32.2. The van der Waals surface area contributed by atoms with Crippen LogP contribution in [0.25, 0.3) is 0 Å². The fourth-order valence-electron chi connectivity index (χ4n) is 2.92. The number of hydrogen-bond donors (Lipinski definition) is 2. The van der Waals surface area contributed by atoms with Crippen LogP contribution in [0.3, 0.4) is 0 Å². The molecule has 2 aliphatic rings. The van der Waals surface area contributed by atoms with Crippen LogP contribution in [0.1, 0.15) is 38.3 Å². The lowest BCUT2D eigenvalue weighted by Crippen LogP contribution is -2.39. The average Bonchev–Trinajstić information content (AvgIpc) is 2.94. The number of ether oxygens (including phenoxy) is 2. The van der Waals surface area contributed by atoms with Crippen molar-refractivity contribution in [2.24, 2.45) is 10.8 Å². The quantitative estimate of drug-likeness (QED) is 0.621. The summed E-state index contributed by atoms with van der Waals surface area (Å²) in [6.07, 6.45) is 0.483. The van der Waals surface area contributed by atoms with Gasteiger partial charge in [0.05, 0.1) is 18.4 Å². The molecule has 136 valence electrons. The molecule has 2 aliphatic heterocycles. The van der Waals surface area contributed by atoms with Crippen LogP contribution in [0.15, 0.2) is 28.2 Å². The number of hydrogen-bond acceptors (Lipinski definition) is 5. The summed E-state index contributed by atoms with van der Waals surface area (Å²) >= 11 is 6.66. The fraction of sp³-hybridized carbons (Fsp3) is 0.556. The molecule has 0 aromatic heterocycles. The minimum atomic E-state index is -0.384. The minimum Gasteiger partial charge on any atom is -0.375 e. The van der Waals surface area contributed by atoms with Crippen LogP contribution in [0.4, 0.5) is 0 Å². The molecule has 25 heavy (non-hydrogen) atoms. The van der Waals surface area contributed by atoms with E-state index in [9.17, 15) is 0 Å². The molecule has 7 heteroatoms. The maximum Gasteiger partial charge on any atom is 0.199 e. The second kappa shape index (κ2) is 7.23. The summed E-state index contributed by atoms with van der Waals surface area (Å²) in [5, 5.41) is 4.66. The molecule has 0 spiro atoms. The Morgan fingerprint density at radius 3 is 2.84 bits per heavy atom. The molecule has 2 bridgehead atoms. The zero-order chi connectivity index (χ0) is 18.2. The van der Waals surface area contributed by atoms with Crippen molar-refractivity contribution in [3.8, 4) is 0 Å². The third kappa shape index (κ3) is 4.34. The molecule has 1 aromatic carbocycles. The summed E-state index contributed by atoms with van der Waals surface area (Å²) in [5.74, 6) is 0. The smallest absolute Gasteiger partial charge is 0.199 e. The van der Waals surface area contributed by atoms with Gasteiger partial charge >= 0.3 is 0 Å². The van der Waals surface area contributed by atoms with Crippen molar-refractivity contribution in [3.63, 3.8) is 0 Å². The second-order valence-corrected chi connectivity index (χ2v) is 9.23. The average molecular weight is 380 g/mol. The molecule has 0 unspecified atom stereocenters. The Hall–Kier alpha value is -1.15. The Bertz CT molecular complexity index is 700. The lowest BCUT2D eigenvalue weighted by molar-refractivity contribution is -0.0150. The molecule has 1 aromatic rings. The predicted octanol–water partition coefficient (Wildman–Crippen LogP) is 3.09. The summed E-state index contributed by atoms with van der Waals surface area (Å²) < 4.78 is 11.7. The van der Waals surface area contributed by atoms with Crippen molar-refractivity contribution in [2.45, 2.75) is 62.1 Å². The number of aryl methyl sites for hydroxylation is 1. The zero-order valence-electron chi connectivity index (χ0n) is 15.0. The summed E-state index contributed by atoms with van der Waals surface area (Å²) in [7, 11) is 0. The van der Waals surface area contributed by atoms with E-state index in [1.54, 1.807) is 0 Å². The monoisotopic (exact) mass is 379 g/mol. The number of nitrogens with one attached hydrogen (secondary N) is 1. The molecule has 0 radical (unpaired) electrons. The van der Waals surface area contributed by atoms with Crippen LogP contribution in [-0.4, -0.2) is 35.1 Å². The van der Waals surface area contributed by atoms with E-state index < -0.39 is 0 Å². The van der Waals surface area contributed by atoms with E-state index >= 15 is 0 Å². The highest BCUT2D eigenvalue weighted by molar-refractivity contribution is 8.00. The molecule has 3 rings (SSSR count). The molecule has 3 atom stereocenters. The highest BCUT2D eigenvalue weighted by Gasteiger charge is 2.42. The first-order valence-electron chi connectivity index (χ1n) is 8.41. The van der Waals surface area contributed by atoms with E-state index in [1.807, 2.05) is 11.8 Å². The number of rotatable bonds is 3. The number of fused-ring (bicyclic) bond motifs is 2. The Kier molecular flexibility index (Phi) is 5.39. The number of nitrogens with zero attached hydrogens (tertiary/aromatic N) is 1. The van der Waals surface area contributed by atoms with Gasteiger partial charge in [-0.25, -0.2) is 0 Å². The van der Waals surface area contributed by atoms with Gasteiger partial charge < -0.3 is 15.2 Å². The van der Waals surface area contributed by atoms with Gasteiger partial charge in [-0.2, -0.15) is 5.10 Å². The van der Waals surface area contributed by atoms with Crippen LogP contribution < -0.4 is 11.2 Å². The first kappa shape index (κ1) is 18.6. The van der Waals surface area contributed by atoms with Gasteiger partial charge in [0.25, 0.3) is 0 Å². The van der Waals surface area contributed by atoms with Crippen molar-refractivity contribution in [1.29, 1.82) is 0 Å². The number of nitrogens with two attached hydrogens (primary N) is 1. The van der Waals surface area contributed by atoms with Gasteiger partial charge in [0, 0.05) is 16.6 Å². The van der Waals surface area contributed by atoms with Gasteiger partial charge in [0.1, 0.15) is 0 Å². The van der Waals surface area contributed by atoms with Gasteiger partial charge in [-0.15, -0.1) is 11.8 Å². The van der Waals surface area contributed by atoms with E-state index in [4.69, 9.17) is 27.4 Å². The van der Waals surface area contributed by atoms with Crippen molar-refractivity contribution >= 4 is 34.8 Å². The molecule has 5 nitrogen and oxygen atoms in total. The number of benzene rings is 1. The largest absolute Gasteiger partial charge is 0.375 e. The van der Waals surface area contributed by atoms with Gasteiger partial charge in [-0.3, -0.25) is 5.43 Å². The maximum absolute atomic E-state index is 5.97. The van der Waals surface area contributed by atoms with Gasteiger partial charge in [-0.1, -0.05) is 32.9 Å². The normalized spacial score (nSPS) is 27.5. The standard InChI is InChI=1S/C18H25N3O2S2/c1-10-5-6-11(18(2,3)4)7-14(10)25-15-8-12(20-21-17(19)24)16-22-9-13(15)23-16/h5-7,13,15-16H,8-9H2,1-4H3,(H3,19,21,24)/b20-12+/t13-,15-,16-/m0/s1. The van der Waals surface area contributed by atoms with Crippen molar-refractivity contribution in [3.05, 3.63) is 29.3 Å². The zero-order valence-corrected chi connectivity index (χ0v) is 16.7. The van der Waals surface area contributed by atoms with Crippen LogP contribution in [0, 0.1) is 6.92 Å². The number of thioether (sulfide) groups is 1. The van der Waals surface area contributed by atoms with E-state index in [0.29, 0.717) is 6.61 Å². The predicted molar refractivity (Wildman–Crippen MR) is 106 cm³/mol. The van der Waals surface area contributed by atoms with Crippen molar-refractivity contribution in [1.82, 2.24) is 5.43 Å². The van der Waals surface area contributed by atoms with Gasteiger partial charge in [0.2, 0.25) is 0 Å². The molecular formula is C18H25N3O2S2. The van der Waals surface area contributed by atoms with Crippen LogP contribution in [-0.2, 0) is 14.9 Å². The van der Waals surface area contributed by atoms with Crippen LogP contribution in [0.5, 0.6) is 0 Å². The Morgan fingerprint density at radius 2 is 2.16 bits per heavy atom. The number of hydrazone groups is 1. The lowest BCUT2D eigenvalue weighted by Gasteiger charge is -2.29. The molecule has 0 amide bonds. The first-order valence-corrected chi connectivity index (χ1v) is 9.69. The highest BCUT2D eigenvalue weighted by Crippen LogP contribution is 2.39. The van der Waals surface area contributed by atoms with Crippen molar-refractivity contribution in [2.75, 3.05) is 6.61 Å². The Balaban J connectivity index is 1.80. The fourth-order valence-corrected chi connectivity index (χ4v) is 4.29. The van der Waals surface area contributed by atoms with Crippen LogP contribution >= 0.6 is 24.0 Å². The minimum absolute atomic E-state index is 0.0801. The SMILES string of the molecule is Cc1ccc(C(C)(C)C)cc1S[C@H]1C/C(=N\NC(N)=S)[C@H]2OC[C@@H]1O2. The van der Waals surface area contributed by atoms with Crippen LogP contribution in [0.2, 0.25) is 0 Å². The third-order valence-corrected chi connectivity index (χ3v) is 6.01. The second-order valence-electron chi connectivity index (χ2n) is 7.51. The molecule has 3 N–H and O–H groups in total. The Morgan fingerprint density at radius 1 is 1.40 bits per heavy atom. The van der Waals surface area contributed by atoms with E-state index in [1.165, 1.54) is 16.0 Å². The molecule has 0 saturated carbocycles. The molecule has 2 heterocycles. The topological polar surface area (TPSA) is 68.9 Å². The summed E-state index contributed by atoms with van der Waals surface area (Å²) in [6.45, 7) is 9.44. The van der Waals surface area contributed by atoms with E-state index in [0.717, 1.165) is 12.1 Å². The Labute approximate surface area is 158 Å². The number of thiocarbonyl (C=S) groups is 1. The maximum atomic E-state index is 5.97. The molecular weight excluding hydrogens is 354 g/mol. The first-order chi connectivity index (χ1) is 11.7. The van der Waals surface area contributed by atoms with Crippen molar-refractivity contribution < 1.29 is 9.47 Å². The van der Waals surface area contributed by atoms with E-state index in [-0.39, 0.29) is 28.2 Å². The lowest BCUT2D eigenvalue weighted by atomic mass is 9.87. The summed E-state index contributed by atoms with van der Waals surface area (Å²) in [6, 6.07) is 6.71. The summed E-state index contributed by atoms with van der Waals surface area (Å²) in [5.41, 5.74) is 11.7. The van der Waals surface area contributed by atoms with Gasteiger partial charge in [-0.05, 0) is 41.7 Å². The molecule has 2 fully saturated rings. The van der Waals surface area contributed by atoms with E-state index in [2.05, 4.69) is 56.4 Å². The molecule has 2 saturated heterocycles.